The summed E-state index contributed by atoms with van der Waals surface area (Å²) in [6, 6.07) is 0. The van der Waals surface area contributed by atoms with Crippen molar-refractivity contribution < 1.29 is 17.6 Å². The molecule has 7 heavy (non-hydrogen) atoms. The summed E-state index contributed by atoms with van der Waals surface area (Å²) >= 11 is -1.62. The maximum absolute atomic E-state index is 9.00. The first kappa shape index (κ1) is 9.77. The van der Waals surface area contributed by atoms with Crippen molar-refractivity contribution in [1.82, 2.24) is 0 Å². The van der Waals surface area contributed by atoms with Gasteiger partial charge in [0.05, 0.1) is 0 Å². The molecule has 4 nitrogen and oxygen atoms in total. The fourth-order valence-corrected chi connectivity index (χ4v) is 0. The Balaban J connectivity index is 0. The maximum atomic E-state index is 9.00. The zero-order chi connectivity index (χ0) is 6.28. The molecule has 0 bridgehead atoms. The molecule has 42 valence electrons. The Morgan fingerprint density at radius 2 is 1.57 bits per heavy atom. The normalized spacial score (nSPS) is 5.29. The molecule has 1 N–H and O–H groups in total. The predicted octanol–water partition coefficient (Wildman–Crippen LogP) is -0.528. The summed E-state index contributed by atoms with van der Waals surface area (Å²) in [5.74, 6) is -0.833. The minimum absolute atomic E-state index is 0.833. The average molecular weight is 171 g/mol. The number of hydrogen-bond donors (Lipinski definition) is 1. The Labute approximate surface area is 46.1 Å². The van der Waals surface area contributed by atoms with Gasteiger partial charge < -0.3 is 5.11 Å². The van der Waals surface area contributed by atoms with Gasteiger partial charge in [-0.2, -0.15) is 0 Å². The average Bonchev–Trinajstić information content (AvgIpc) is 1.33. The Hall–Kier alpha value is -0.411. The van der Waals surface area contributed by atoms with E-state index in [1.807, 2.05) is 0 Å². The van der Waals surface area contributed by atoms with Crippen LogP contribution in [0.2, 0.25) is 0 Å². The van der Waals surface area contributed by atoms with E-state index in [1.54, 1.807) is 0 Å². The molecule has 0 aromatic carbocycles. The number of carbonyl (C=O) groups is 1. The van der Waals surface area contributed by atoms with Crippen molar-refractivity contribution in [3.05, 3.63) is 0 Å². The number of rotatable bonds is 0. The zero-order valence-electron chi connectivity index (χ0n) is 3.58. The molecule has 0 aromatic heterocycles. The molecule has 0 aliphatic heterocycles. The van der Waals surface area contributed by atoms with Gasteiger partial charge in [-0.15, -0.1) is 0 Å². The van der Waals surface area contributed by atoms with Crippen LogP contribution in [0.4, 0.5) is 0 Å². The first-order valence-corrected chi connectivity index (χ1v) is 2.66. The molecule has 0 rings (SSSR count). The van der Waals surface area contributed by atoms with Gasteiger partial charge in [-0.25, -0.2) is 0 Å². The first-order valence-electron chi connectivity index (χ1n) is 1.26. The molecular formula is C2H4O4Se. The van der Waals surface area contributed by atoms with Crippen LogP contribution in [0.15, 0.2) is 0 Å². The number of carboxylic acid groups (broad SMARTS) is 1. The third-order valence-corrected chi connectivity index (χ3v) is 0. The van der Waals surface area contributed by atoms with Crippen LogP contribution in [0.5, 0.6) is 0 Å². The van der Waals surface area contributed by atoms with Gasteiger partial charge in [0.25, 0.3) is 5.97 Å². The molecular weight excluding hydrogens is 167 g/mol. The van der Waals surface area contributed by atoms with Crippen LogP contribution in [0.1, 0.15) is 6.92 Å². The van der Waals surface area contributed by atoms with Gasteiger partial charge in [-0.1, -0.05) is 0 Å². The van der Waals surface area contributed by atoms with E-state index in [-0.39, 0.29) is 0 Å². The molecule has 0 spiro atoms. The second kappa shape index (κ2) is 9.14. The molecule has 0 atom stereocenters. The van der Waals surface area contributed by atoms with Crippen molar-refractivity contribution in [3.8, 4) is 0 Å². The Morgan fingerprint density at radius 3 is 1.57 bits per heavy atom. The van der Waals surface area contributed by atoms with E-state index in [0.717, 1.165) is 6.92 Å². The van der Waals surface area contributed by atoms with Gasteiger partial charge in [0.15, 0.2) is 0 Å². The van der Waals surface area contributed by atoms with Gasteiger partial charge >= 0.3 is 22.5 Å². The summed E-state index contributed by atoms with van der Waals surface area (Å²) in [7, 11) is 0. The van der Waals surface area contributed by atoms with Crippen LogP contribution in [0, 0.1) is 0 Å². The van der Waals surface area contributed by atoms with Gasteiger partial charge in [-0.05, 0) is 0 Å². The quantitative estimate of drug-likeness (QED) is 0.497. The van der Waals surface area contributed by atoms with Gasteiger partial charge in [0, 0.05) is 6.92 Å². The van der Waals surface area contributed by atoms with Gasteiger partial charge in [0.2, 0.25) is 0 Å². The van der Waals surface area contributed by atoms with Crippen LogP contribution >= 0.6 is 0 Å². The van der Waals surface area contributed by atoms with E-state index >= 15 is 0 Å². The molecule has 0 saturated heterocycles. The van der Waals surface area contributed by atoms with Crippen LogP contribution in [-0.4, -0.2) is 25.9 Å². The summed E-state index contributed by atoms with van der Waals surface area (Å²) < 4.78 is 16.9. The van der Waals surface area contributed by atoms with E-state index in [2.05, 4.69) is 0 Å². The van der Waals surface area contributed by atoms with Gasteiger partial charge in [-0.3, -0.25) is 4.79 Å². The minimum atomic E-state index is -1.62. The molecule has 5 heteroatoms. The van der Waals surface area contributed by atoms with Crippen molar-refractivity contribution in [3.63, 3.8) is 0 Å². The molecule has 0 heterocycles. The molecule has 0 unspecified atom stereocenters. The molecule has 0 radical (unpaired) electrons. The van der Waals surface area contributed by atoms with E-state index in [1.165, 1.54) is 0 Å². The number of hydrogen-bond acceptors (Lipinski definition) is 3. The summed E-state index contributed by atoms with van der Waals surface area (Å²) in [5.41, 5.74) is 0. The molecule has 0 aliphatic carbocycles. The van der Waals surface area contributed by atoms with E-state index in [0.29, 0.717) is 0 Å². The summed E-state index contributed by atoms with van der Waals surface area (Å²) in [6.07, 6.45) is 0. The van der Waals surface area contributed by atoms with E-state index in [9.17, 15) is 0 Å². The summed E-state index contributed by atoms with van der Waals surface area (Å²) in [6.45, 7) is 1.08. The molecule has 0 aromatic rings. The third-order valence-electron chi connectivity index (χ3n) is 0. The molecule has 0 amide bonds. The number of aliphatic carboxylic acids is 1. The van der Waals surface area contributed by atoms with Crippen LogP contribution in [0.25, 0.3) is 0 Å². The van der Waals surface area contributed by atoms with E-state index in [4.69, 9.17) is 17.6 Å². The van der Waals surface area contributed by atoms with Gasteiger partial charge in [0.1, 0.15) is 0 Å². The second-order valence-corrected chi connectivity index (χ2v) is 0.873. The van der Waals surface area contributed by atoms with Crippen molar-refractivity contribution >= 4 is 20.8 Å². The first-order chi connectivity index (χ1) is 3.15. The van der Waals surface area contributed by atoms with Crippen LogP contribution in [0.3, 0.4) is 0 Å². The monoisotopic (exact) mass is 172 g/mol. The Bertz CT molecular complexity index is 77.7. The molecule has 0 fully saturated rings. The third kappa shape index (κ3) is 427. The fourth-order valence-electron chi connectivity index (χ4n) is 0. The standard InChI is InChI=1S/C2H4O2.O2Se/c1-2(3)4;1-3-2/h1H3,(H,3,4);. The summed E-state index contributed by atoms with van der Waals surface area (Å²) in [5, 5.41) is 7.42. The van der Waals surface area contributed by atoms with Crippen molar-refractivity contribution in [2.75, 3.05) is 0 Å². The topological polar surface area (TPSA) is 71.4 Å². The van der Waals surface area contributed by atoms with Crippen LogP contribution in [-0.2, 0) is 12.5 Å². The predicted molar refractivity (Wildman–Crippen MR) is 20.4 cm³/mol. The Kier molecular flexibility index (Phi) is 12.8. The zero-order valence-corrected chi connectivity index (χ0v) is 5.29. The molecule has 0 aliphatic rings. The van der Waals surface area contributed by atoms with Crippen molar-refractivity contribution in [1.29, 1.82) is 0 Å². The van der Waals surface area contributed by atoms with E-state index < -0.39 is 20.8 Å². The fraction of sp³-hybridized carbons (Fsp3) is 0.500. The number of carboxylic acids is 1. The SMILES string of the molecule is CC(=O)O.O=[Se]=O. The van der Waals surface area contributed by atoms with Crippen molar-refractivity contribution in [2.45, 2.75) is 6.92 Å². The van der Waals surface area contributed by atoms with Crippen molar-refractivity contribution in [2.24, 2.45) is 0 Å². The van der Waals surface area contributed by atoms with Crippen LogP contribution < -0.4 is 0 Å². The molecule has 0 saturated carbocycles. The second-order valence-electron chi connectivity index (χ2n) is 0.587. The summed E-state index contributed by atoms with van der Waals surface area (Å²) in [4.78, 5) is 9.00. The Morgan fingerprint density at radius 1 is 1.57 bits per heavy atom.